The summed E-state index contributed by atoms with van der Waals surface area (Å²) in [6.07, 6.45) is 3.92. The van der Waals surface area contributed by atoms with Crippen molar-refractivity contribution in [2.75, 3.05) is 14.2 Å². The Labute approximate surface area is 225 Å². The van der Waals surface area contributed by atoms with Gasteiger partial charge in [-0.2, -0.15) is 0 Å². The van der Waals surface area contributed by atoms with Gasteiger partial charge in [-0.3, -0.25) is 19.3 Å². The molecule has 0 fully saturated rings. The van der Waals surface area contributed by atoms with Crippen LogP contribution in [0.1, 0.15) is 31.4 Å². The molecule has 1 aliphatic rings. The number of hydrogen-bond donors (Lipinski definition) is 2. The summed E-state index contributed by atoms with van der Waals surface area (Å²) >= 11 is 0. The summed E-state index contributed by atoms with van der Waals surface area (Å²) in [6, 6.07) is 14.3. The van der Waals surface area contributed by atoms with E-state index in [4.69, 9.17) is 4.74 Å². The van der Waals surface area contributed by atoms with E-state index in [2.05, 4.69) is 10.3 Å². The number of hydrogen-bond acceptors (Lipinski definition) is 5. The van der Waals surface area contributed by atoms with Gasteiger partial charge in [-0.1, -0.05) is 50.2 Å². The predicted octanol–water partition coefficient (Wildman–Crippen LogP) is 3.74. The first-order valence-corrected chi connectivity index (χ1v) is 12.8. The van der Waals surface area contributed by atoms with Gasteiger partial charge >= 0.3 is 5.97 Å². The van der Waals surface area contributed by atoms with Crippen molar-refractivity contribution in [1.82, 2.24) is 19.8 Å². The second-order valence-electron chi connectivity index (χ2n) is 10.1. The number of aromatic nitrogens is 2. The first kappa shape index (κ1) is 26.0. The summed E-state index contributed by atoms with van der Waals surface area (Å²) in [7, 11) is 2.77. The molecule has 2 N–H and O–H groups in total. The van der Waals surface area contributed by atoms with E-state index < -0.39 is 17.9 Å². The summed E-state index contributed by atoms with van der Waals surface area (Å²) in [6.45, 7) is 3.84. The number of amides is 3. The fraction of sp³-hybridized carbons (Fsp3) is 0.267. The third-order valence-corrected chi connectivity index (χ3v) is 7.05. The smallest absolute Gasteiger partial charge is 0.328 e. The van der Waals surface area contributed by atoms with Crippen molar-refractivity contribution < 1.29 is 23.9 Å². The van der Waals surface area contributed by atoms with Crippen LogP contribution in [0.2, 0.25) is 0 Å². The molecular formula is C30H30N4O5. The van der Waals surface area contributed by atoms with E-state index in [-0.39, 0.29) is 29.9 Å². The van der Waals surface area contributed by atoms with Crippen LogP contribution in [0, 0.1) is 5.92 Å². The highest BCUT2D eigenvalue weighted by atomic mass is 16.5. The zero-order valence-corrected chi connectivity index (χ0v) is 22.3. The molecule has 0 aliphatic carbocycles. The average molecular weight is 527 g/mol. The number of fused-ring (bicyclic) bond motifs is 2. The maximum absolute atomic E-state index is 13.5. The molecule has 0 saturated carbocycles. The molecule has 9 nitrogen and oxygen atoms in total. The van der Waals surface area contributed by atoms with Crippen molar-refractivity contribution in [3.05, 3.63) is 72.1 Å². The van der Waals surface area contributed by atoms with Gasteiger partial charge in [-0.15, -0.1) is 0 Å². The van der Waals surface area contributed by atoms with Crippen LogP contribution in [0.4, 0.5) is 0 Å². The molecule has 2 aromatic carbocycles. The van der Waals surface area contributed by atoms with Crippen molar-refractivity contribution in [1.29, 1.82) is 0 Å². The van der Waals surface area contributed by atoms with Gasteiger partial charge in [0.05, 0.1) is 18.3 Å². The molecule has 3 amide bonds. The minimum atomic E-state index is -0.761. The number of carbonyl (C=O) groups is 4. The normalized spacial score (nSPS) is 14.6. The first-order valence-electron chi connectivity index (χ1n) is 12.8. The molecule has 0 saturated heterocycles. The van der Waals surface area contributed by atoms with Gasteiger partial charge in [-0.05, 0) is 24.5 Å². The Balaban J connectivity index is 1.60. The Bertz CT molecular complexity index is 1660. The standard InChI is InChI=1S/C30H30N4O5/c1-17(2)13-23(30(38)39-4)32-25(35)16-34-15-21(19-10-6-8-12-24(19)34)27-26(28(36)33(3)29(27)37)20-14-31-22-11-7-5-9-18(20)22/h5-12,14-15,17,23,31H,13,16H2,1-4H3,(H,32,35)/t23-/m0/s1. The van der Waals surface area contributed by atoms with Crippen LogP contribution in [0.5, 0.6) is 0 Å². The molecule has 0 spiro atoms. The molecule has 4 aromatic rings. The molecule has 0 unspecified atom stereocenters. The Morgan fingerprint density at radius 3 is 2.28 bits per heavy atom. The second kappa shape index (κ2) is 10.2. The molecule has 39 heavy (non-hydrogen) atoms. The van der Waals surface area contributed by atoms with Gasteiger partial charge in [0.2, 0.25) is 5.91 Å². The third kappa shape index (κ3) is 4.60. The lowest BCUT2D eigenvalue weighted by molar-refractivity contribution is -0.145. The summed E-state index contributed by atoms with van der Waals surface area (Å²) in [4.78, 5) is 56.5. The molecule has 3 heterocycles. The van der Waals surface area contributed by atoms with Gasteiger partial charge in [-0.25, -0.2) is 4.79 Å². The number of benzene rings is 2. The van der Waals surface area contributed by atoms with E-state index in [9.17, 15) is 19.2 Å². The first-order chi connectivity index (χ1) is 18.7. The Morgan fingerprint density at radius 2 is 1.59 bits per heavy atom. The average Bonchev–Trinajstić information content (AvgIpc) is 3.56. The number of aromatic amines is 1. The van der Waals surface area contributed by atoms with E-state index in [1.54, 1.807) is 17.0 Å². The zero-order chi connectivity index (χ0) is 27.8. The number of rotatable bonds is 8. The quantitative estimate of drug-likeness (QED) is 0.268. The fourth-order valence-electron chi connectivity index (χ4n) is 5.22. The highest BCUT2D eigenvalue weighted by molar-refractivity contribution is 6.50. The number of carbonyl (C=O) groups excluding carboxylic acids is 4. The summed E-state index contributed by atoms with van der Waals surface area (Å²) in [5.41, 5.74) is 3.39. The van der Waals surface area contributed by atoms with Crippen molar-refractivity contribution in [3.63, 3.8) is 0 Å². The van der Waals surface area contributed by atoms with Crippen molar-refractivity contribution in [2.24, 2.45) is 5.92 Å². The lowest BCUT2D eigenvalue weighted by Gasteiger charge is -2.18. The number of ether oxygens (including phenoxy) is 1. The monoisotopic (exact) mass is 526 g/mol. The number of likely N-dealkylation sites (N-methyl/N-ethyl adjacent to an activating group) is 1. The largest absolute Gasteiger partial charge is 0.467 e. The van der Waals surface area contributed by atoms with Crippen LogP contribution in [0.3, 0.4) is 0 Å². The van der Waals surface area contributed by atoms with E-state index in [1.807, 2.05) is 62.4 Å². The molecule has 0 radical (unpaired) electrons. The molecule has 0 bridgehead atoms. The van der Waals surface area contributed by atoms with Crippen LogP contribution < -0.4 is 5.32 Å². The van der Waals surface area contributed by atoms with E-state index in [1.165, 1.54) is 14.2 Å². The summed E-state index contributed by atoms with van der Waals surface area (Å²) in [5.74, 6) is -1.48. The van der Waals surface area contributed by atoms with Crippen LogP contribution in [0.15, 0.2) is 60.9 Å². The van der Waals surface area contributed by atoms with Crippen LogP contribution in [0.25, 0.3) is 33.0 Å². The van der Waals surface area contributed by atoms with Gasteiger partial charge in [0.25, 0.3) is 11.8 Å². The van der Waals surface area contributed by atoms with E-state index in [0.717, 1.165) is 26.7 Å². The third-order valence-electron chi connectivity index (χ3n) is 7.05. The zero-order valence-electron chi connectivity index (χ0n) is 22.3. The maximum Gasteiger partial charge on any atom is 0.328 e. The second-order valence-corrected chi connectivity index (χ2v) is 10.1. The van der Waals surface area contributed by atoms with E-state index in [0.29, 0.717) is 23.1 Å². The van der Waals surface area contributed by atoms with Crippen LogP contribution in [-0.2, 0) is 30.5 Å². The molecule has 1 atom stereocenters. The topological polar surface area (TPSA) is 114 Å². The van der Waals surface area contributed by atoms with Gasteiger partial charge in [0.15, 0.2) is 0 Å². The molecule has 200 valence electrons. The molecular weight excluding hydrogens is 496 g/mol. The number of imide groups is 1. The summed E-state index contributed by atoms with van der Waals surface area (Å²) in [5, 5.41) is 4.36. The number of H-pyrrole nitrogens is 1. The fourth-order valence-corrected chi connectivity index (χ4v) is 5.22. The van der Waals surface area contributed by atoms with Gasteiger partial charge < -0.3 is 19.6 Å². The molecule has 1 aliphatic heterocycles. The maximum atomic E-state index is 13.5. The number of para-hydroxylation sites is 2. The minimum absolute atomic E-state index is 0.0836. The lowest BCUT2D eigenvalue weighted by Crippen LogP contribution is -2.43. The van der Waals surface area contributed by atoms with Crippen molar-refractivity contribution in [3.8, 4) is 0 Å². The number of nitrogens with one attached hydrogen (secondary N) is 2. The Morgan fingerprint density at radius 1 is 0.949 bits per heavy atom. The van der Waals surface area contributed by atoms with Crippen molar-refractivity contribution >= 4 is 56.6 Å². The molecule has 5 rings (SSSR count). The van der Waals surface area contributed by atoms with Gasteiger partial charge in [0, 0.05) is 52.4 Å². The lowest BCUT2D eigenvalue weighted by atomic mass is 9.95. The summed E-state index contributed by atoms with van der Waals surface area (Å²) < 4.78 is 6.61. The molecule has 9 heteroatoms. The van der Waals surface area contributed by atoms with Crippen LogP contribution in [-0.4, -0.2) is 58.3 Å². The Hall–Kier alpha value is -4.66. The van der Waals surface area contributed by atoms with E-state index >= 15 is 0 Å². The number of esters is 1. The highest BCUT2D eigenvalue weighted by Crippen LogP contribution is 2.40. The Kier molecular flexibility index (Phi) is 6.82. The minimum Gasteiger partial charge on any atom is -0.467 e. The number of nitrogens with zero attached hydrogens (tertiary/aromatic N) is 2. The van der Waals surface area contributed by atoms with Gasteiger partial charge in [0.1, 0.15) is 12.6 Å². The SMILES string of the molecule is COC(=O)[C@H](CC(C)C)NC(=O)Cn1cc(C2=C(c3c[nH]c4ccccc34)C(=O)N(C)C2=O)c2ccccc21. The number of methoxy groups -OCH3 is 1. The molecule has 2 aromatic heterocycles. The predicted molar refractivity (Wildman–Crippen MR) is 148 cm³/mol. The van der Waals surface area contributed by atoms with Crippen molar-refractivity contribution in [2.45, 2.75) is 32.9 Å². The van der Waals surface area contributed by atoms with Crippen LogP contribution >= 0.6 is 0 Å². The highest BCUT2D eigenvalue weighted by Gasteiger charge is 2.39.